The van der Waals surface area contributed by atoms with Gasteiger partial charge in [-0.15, -0.1) is 0 Å². The summed E-state index contributed by atoms with van der Waals surface area (Å²) in [6.45, 7) is 6.23. The first kappa shape index (κ1) is 15.2. The monoisotopic (exact) mass is 366 g/mol. The number of hydrogen-bond acceptors (Lipinski definition) is 5. The first-order valence-corrected chi connectivity index (χ1v) is 7.99. The summed E-state index contributed by atoms with van der Waals surface area (Å²) in [6, 6.07) is 2.00. The van der Waals surface area contributed by atoms with Crippen LogP contribution in [0.3, 0.4) is 0 Å². The molecule has 0 radical (unpaired) electrons. The Morgan fingerprint density at radius 1 is 1.59 bits per heavy atom. The smallest absolute Gasteiger partial charge is 0.254 e. The van der Waals surface area contributed by atoms with Crippen molar-refractivity contribution in [3.05, 3.63) is 22.4 Å². The summed E-state index contributed by atoms with van der Waals surface area (Å²) in [5.74, 6) is 0.0819. The number of piperidine rings is 1. The Bertz CT molecular complexity index is 725. The van der Waals surface area contributed by atoms with Crippen LogP contribution in [0.25, 0.3) is 5.65 Å². The molecule has 7 nitrogen and oxygen atoms in total. The molecule has 22 heavy (non-hydrogen) atoms. The van der Waals surface area contributed by atoms with Crippen molar-refractivity contribution >= 4 is 33.3 Å². The minimum absolute atomic E-state index is 0.0488. The molecule has 1 aliphatic heterocycles. The average Bonchev–Trinajstić information content (AvgIpc) is 2.81. The number of halogens is 1. The third kappa shape index (κ3) is 2.68. The van der Waals surface area contributed by atoms with Crippen molar-refractivity contribution in [1.29, 1.82) is 0 Å². The van der Waals surface area contributed by atoms with Crippen LogP contribution in [0.1, 0.15) is 30.6 Å². The molecule has 2 aromatic heterocycles. The largest absolute Gasteiger partial charge is 0.366 e. The van der Waals surface area contributed by atoms with Crippen molar-refractivity contribution in [2.75, 3.05) is 18.4 Å². The van der Waals surface area contributed by atoms with Gasteiger partial charge < -0.3 is 16.4 Å². The normalized spacial score (nSPS) is 21.0. The highest BCUT2D eigenvalue weighted by molar-refractivity contribution is 9.10. The quantitative estimate of drug-likeness (QED) is 0.762. The number of nitrogens with zero attached hydrogens (tertiary/aromatic N) is 3. The van der Waals surface area contributed by atoms with Crippen molar-refractivity contribution in [1.82, 2.24) is 19.9 Å². The van der Waals surface area contributed by atoms with Gasteiger partial charge in [0, 0.05) is 24.8 Å². The maximum absolute atomic E-state index is 11.8. The van der Waals surface area contributed by atoms with Gasteiger partial charge in [-0.25, -0.2) is 4.98 Å². The number of carbonyl (C=O) groups excluding carboxylic acids is 1. The second-order valence-corrected chi connectivity index (χ2v) is 7.09. The van der Waals surface area contributed by atoms with Gasteiger partial charge in [-0.1, -0.05) is 13.8 Å². The summed E-state index contributed by atoms with van der Waals surface area (Å²) in [5, 5.41) is 11.2. The second kappa shape index (κ2) is 5.51. The van der Waals surface area contributed by atoms with Crippen LogP contribution in [0.4, 0.5) is 5.82 Å². The summed E-state index contributed by atoms with van der Waals surface area (Å²) >= 11 is 3.34. The molecule has 1 atom stereocenters. The SMILES string of the molecule is CC1(C)CNCC[C@H]1Nc1c(C(N)=O)cnc2cc(Br)nn12. The fourth-order valence-corrected chi connectivity index (χ4v) is 3.19. The van der Waals surface area contributed by atoms with Crippen LogP contribution in [-0.4, -0.2) is 39.6 Å². The molecule has 3 heterocycles. The molecule has 1 amide bonds. The molecule has 0 unspecified atom stereocenters. The maximum atomic E-state index is 11.8. The highest BCUT2D eigenvalue weighted by atomic mass is 79.9. The number of amides is 1. The van der Waals surface area contributed by atoms with Crippen molar-refractivity contribution in [3.63, 3.8) is 0 Å². The lowest BCUT2D eigenvalue weighted by Crippen LogP contribution is -2.50. The molecular weight excluding hydrogens is 348 g/mol. The van der Waals surface area contributed by atoms with Crippen LogP contribution >= 0.6 is 15.9 Å². The molecule has 1 saturated heterocycles. The van der Waals surface area contributed by atoms with E-state index in [0.29, 0.717) is 21.6 Å². The van der Waals surface area contributed by atoms with Crippen molar-refractivity contribution in [3.8, 4) is 0 Å². The van der Waals surface area contributed by atoms with Gasteiger partial charge in [0.05, 0.1) is 5.56 Å². The van der Waals surface area contributed by atoms with Crippen LogP contribution in [0.15, 0.2) is 16.9 Å². The maximum Gasteiger partial charge on any atom is 0.254 e. The van der Waals surface area contributed by atoms with Crippen LogP contribution in [-0.2, 0) is 0 Å². The number of aromatic nitrogens is 3. The van der Waals surface area contributed by atoms with Crippen LogP contribution < -0.4 is 16.4 Å². The minimum Gasteiger partial charge on any atom is -0.366 e. The van der Waals surface area contributed by atoms with Gasteiger partial charge in [-0.2, -0.15) is 9.61 Å². The fraction of sp³-hybridized carbons (Fsp3) is 0.500. The molecule has 0 aromatic carbocycles. The summed E-state index contributed by atoms with van der Waals surface area (Å²) in [4.78, 5) is 16.0. The van der Waals surface area contributed by atoms with E-state index in [1.165, 1.54) is 6.20 Å². The van der Waals surface area contributed by atoms with Gasteiger partial charge in [0.25, 0.3) is 5.91 Å². The Morgan fingerprint density at radius 3 is 3.05 bits per heavy atom. The van der Waals surface area contributed by atoms with E-state index < -0.39 is 5.91 Å². The van der Waals surface area contributed by atoms with Gasteiger partial charge >= 0.3 is 0 Å². The molecule has 0 aliphatic carbocycles. The van der Waals surface area contributed by atoms with Crippen LogP contribution in [0.5, 0.6) is 0 Å². The molecule has 0 spiro atoms. The zero-order chi connectivity index (χ0) is 15.9. The number of nitrogens with two attached hydrogens (primary N) is 1. The molecule has 0 bridgehead atoms. The number of carbonyl (C=O) groups is 1. The Kier molecular flexibility index (Phi) is 3.82. The van der Waals surface area contributed by atoms with E-state index in [1.54, 1.807) is 10.6 Å². The predicted molar refractivity (Wildman–Crippen MR) is 87.9 cm³/mol. The van der Waals surface area contributed by atoms with Crippen LogP contribution in [0.2, 0.25) is 0 Å². The van der Waals surface area contributed by atoms with E-state index >= 15 is 0 Å². The number of anilines is 1. The second-order valence-electron chi connectivity index (χ2n) is 6.27. The average molecular weight is 367 g/mol. The molecule has 0 saturated carbocycles. The van der Waals surface area contributed by atoms with E-state index in [4.69, 9.17) is 5.73 Å². The Balaban J connectivity index is 2.07. The lowest BCUT2D eigenvalue weighted by Gasteiger charge is -2.40. The Morgan fingerprint density at radius 2 is 2.36 bits per heavy atom. The molecule has 1 aliphatic rings. The van der Waals surface area contributed by atoms with Crippen molar-refractivity contribution < 1.29 is 4.79 Å². The molecule has 118 valence electrons. The zero-order valence-corrected chi connectivity index (χ0v) is 14.1. The van der Waals surface area contributed by atoms with Crippen molar-refractivity contribution in [2.24, 2.45) is 11.1 Å². The predicted octanol–water partition coefficient (Wildman–Crippen LogP) is 1.39. The molecule has 8 heteroatoms. The first-order chi connectivity index (χ1) is 10.4. The lowest BCUT2D eigenvalue weighted by atomic mass is 9.80. The van der Waals surface area contributed by atoms with Gasteiger partial charge in [0.15, 0.2) is 5.65 Å². The standard InChI is InChI=1S/C14H19BrN6O/c1-14(2)7-17-4-3-9(14)19-13-8(12(16)22)6-18-11-5-10(15)20-21(11)13/h5-6,9,17,19H,3-4,7H2,1-2H3,(H2,16,22)/t9-/m1/s1. The van der Waals surface area contributed by atoms with Gasteiger partial charge in [-0.05, 0) is 34.3 Å². The molecule has 2 aromatic rings. The zero-order valence-electron chi connectivity index (χ0n) is 12.6. The summed E-state index contributed by atoms with van der Waals surface area (Å²) in [7, 11) is 0. The van der Waals surface area contributed by atoms with E-state index in [1.807, 2.05) is 0 Å². The third-order valence-corrected chi connectivity index (χ3v) is 4.55. The van der Waals surface area contributed by atoms with Crippen molar-refractivity contribution in [2.45, 2.75) is 26.3 Å². The lowest BCUT2D eigenvalue weighted by molar-refractivity contribution is 0.1000. The van der Waals surface area contributed by atoms with Gasteiger partial charge in [0.2, 0.25) is 0 Å². The fourth-order valence-electron chi connectivity index (χ4n) is 2.83. The topological polar surface area (TPSA) is 97.3 Å². The number of fused-ring (bicyclic) bond motifs is 1. The van der Waals surface area contributed by atoms with Gasteiger partial charge in [-0.3, -0.25) is 4.79 Å². The highest BCUT2D eigenvalue weighted by Gasteiger charge is 2.33. The third-order valence-electron chi connectivity index (χ3n) is 4.16. The molecule has 3 rings (SSSR count). The van der Waals surface area contributed by atoms with E-state index in [-0.39, 0.29) is 11.5 Å². The molecule has 1 fully saturated rings. The Labute approximate surface area is 136 Å². The summed E-state index contributed by atoms with van der Waals surface area (Å²) in [5.41, 5.74) is 6.55. The van der Waals surface area contributed by atoms with E-state index in [2.05, 4.69) is 50.5 Å². The Hall–Kier alpha value is -1.67. The molecular formula is C14H19BrN6O. The number of hydrogen-bond donors (Lipinski definition) is 3. The number of nitrogens with one attached hydrogen (secondary N) is 2. The van der Waals surface area contributed by atoms with E-state index in [9.17, 15) is 4.79 Å². The van der Waals surface area contributed by atoms with Crippen LogP contribution in [0, 0.1) is 5.41 Å². The number of rotatable bonds is 3. The summed E-state index contributed by atoms with van der Waals surface area (Å²) in [6.07, 6.45) is 2.46. The summed E-state index contributed by atoms with van der Waals surface area (Å²) < 4.78 is 2.29. The highest BCUT2D eigenvalue weighted by Crippen LogP contribution is 2.29. The van der Waals surface area contributed by atoms with Gasteiger partial charge in [0.1, 0.15) is 10.4 Å². The van der Waals surface area contributed by atoms with E-state index in [0.717, 1.165) is 19.5 Å². The number of primary amides is 1. The first-order valence-electron chi connectivity index (χ1n) is 7.20. The minimum atomic E-state index is -0.518. The molecule has 4 N–H and O–H groups in total.